The summed E-state index contributed by atoms with van der Waals surface area (Å²) in [6, 6.07) is 1.22. The van der Waals surface area contributed by atoms with Crippen LogP contribution in [0.4, 0.5) is 4.39 Å². The Labute approximate surface area is 132 Å². The molecule has 0 saturated carbocycles. The summed E-state index contributed by atoms with van der Waals surface area (Å²) in [6.45, 7) is 0.689. The average molecular weight is 348 g/mol. The Morgan fingerprint density at radius 3 is 2.22 bits per heavy atom. The minimum atomic E-state index is -4.08. The number of carbonyl (C=O) groups is 2. The van der Waals surface area contributed by atoms with Crippen LogP contribution in [0.3, 0.4) is 0 Å². The second kappa shape index (κ2) is 7.99. The van der Waals surface area contributed by atoms with Crippen LogP contribution in [-0.2, 0) is 19.6 Å². The fourth-order valence-corrected chi connectivity index (χ4v) is 2.93. The summed E-state index contributed by atoms with van der Waals surface area (Å²) >= 11 is 0. The number of carboxylic acids is 1. The molecule has 1 aromatic rings. The molecular weight excluding hydrogens is 331 g/mol. The zero-order valence-electron chi connectivity index (χ0n) is 12.2. The molecule has 10 heteroatoms. The number of hydrogen-bond acceptors (Lipinski definition) is 5. The van der Waals surface area contributed by atoms with Crippen LogP contribution in [0.25, 0.3) is 0 Å². The number of nitrogens with one attached hydrogen (secondary N) is 2. The number of aliphatic carboxylic acids is 1. The molecule has 1 amide bonds. The molecular formula is C13H17FN2O6S. The lowest BCUT2D eigenvalue weighted by atomic mass is 10.2. The molecule has 0 fully saturated rings. The SMILES string of the molecule is CCC(NS(=O)(=O)c1ccc(F)cc1)C(=O)NC(CO)C(=O)O. The Balaban J connectivity index is 2.88. The molecule has 0 heterocycles. The smallest absolute Gasteiger partial charge is 0.328 e. The summed E-state index contributed by atoms with van der Waals surface area (Å²) in [7, 11) is -4.08. The van der Waals surface area contributed by atoms with E-state index >= 15 is 0 Å². The number of carboxylic acid groups (broad SMARTS) is 1. The highest BCUT2D eigenvalue weighted by atomic mass is 32.2. The number of aliphatic hydroxyl groups excluding tert-OH is 1. The topological polar surface area (TPSA) is 133 Å². The Morgan fingerprint density at radius 2 is 1.78 bits per heavy atom. The van der Waals surface area contributed by atoms with Crippen molar-refractivity contribution in [3.8, 4) is 0 Å². The molecule has 1 aromatic carbocycles. The molecule has 0 aliphatic carbocycles. The van der Waals surface area contributed by atoms with E-state index < -0.39 is 46.4 Å². The second-order valence-electron chi connectivity index (χ2n) is 4.62. The number of aliphatic hydroxyl groups is 1. The number of rotatable bonds is 8. The van der Waals surface area contributed by atoms with Gasteiger partial charge in [0.2, 0.25) is 15.9 Å². The summed E-state index contributed by atoms with van der Waals surface area (Å²) in [6.07, 6.45) is 0.0457. The maximum atomic E-state index is 12.8. The van der Waals surface area contributed by atoms with Gasteiger partial charge in [0.1, 0.15) is 17.9 Å². The van der Waals surface area contributed by atoms with Crippen molar-refractivity contribution in [1.82, 2.24) is 10.0 Å². The third-order valence-corrected chi connectivity index (χ3v) is 4.43. The first-order valence-electron chi connectivity index (χ1n) is 6.63. The standard InChI is InChI=1S/C13H17FN2O6S/c1-2-10(12(18)15-11(7-17)13(19)20)16-23(21,22)9-5-3-8(14)4-6-9/h3-6,10-11,16-17H,2,7H2,1H3,(H,15,18)(H,19,20). The average Bonchev–Trinajstić information content (AvgIpc) is 2.50. The summed E-state index contributed by atoms with van der Waals surface area (Å²) in [5, 5.41) is 19.7. The van der Waals surface area contributed by atoms with Gasteiger partial charge in [-0.1, -0.05) is 6.92 Å². The van der Waals surface area contributed by atoms with Gasteiger partial charge in [0, 0.05) is 0 Å². The van der Waals surface area contributed by atoms with Gasteiger partial charge in [-0.15, -0.1) is 0 Å². The van der Waals surface area contributed by atoms with Crippen molar-refractivity contribution < 1.29 is 32.6 Å². The normalized spacial score (nSPS) is 14.0. The first kappa shape index (κ1) is 19.0. The quantitative estimate of drug-likeness (QED) is 0.498. The van der Waals surface area contributed by atoms with Crippen molar-refractivity contribution in [2.24, 2.45) is 0 Å². The molecule has 1 rings (SSSR count). The number of hydrogen-bond donors (Lipinski definition) is 4. The van der Waals surface area contributed by atoms with Crippen LogP contribution in [-0.4, -0.2) is 49.2 Å². The van der Waals surface area contributed by atoms with E-state index in [2.05, 4.69) is 4.72 Å². The molecule has 2 unspecified atom stereocenters. The van der Waals surface area contributed by atoms with E-state index in [4.69, 9.17) is 10.2 Å². The van der Waals surface area contributed by atoms with Gasteiger partial charge in [-0.05, 0) is 30.7 Å². The number of halogens is 1. The van der Waals surface area contributed by atoms with Crippen molar-refractivity contribution in [2.45, 2.75) is 30.3 Å². The van der Waals surface area contributed by atoms with Crippen LogP contribution in [0.15, 0.2) is 29.2 Å². The maximum Gasteiger partial charge on any atom is 0.328 e. The molecule has 0 aliphatic heterocycles. The third-order valence-electron chi connectivity index (χ3n) is 2.94. The molecule has 0 spiro atoms. The predicted octanol–water partition coefficient (Wildman–Crippen LogP) is -0.556. The highest BCUT2D eigenvalue weighted by Crippen LogP contribution is 2.11. The fourth-order valence-electron chi connectivity index (χ4n) is 1.65. The first-order valence-corrected chi connectivity index (χ1v) is 8.11. The van der Waals surface area contributed by atoms with Crippen LogP contribution in [0.1, 0.15) is 13.3 Å². The minimum Gasteiger partial charge on any atom is -0.480 e. The van der Waals surface area contributed by atoms with Gasteiger partial charge in [-0.25, -0.2) is 17.6 Å². The molecule has 23 heavy (non-hydrogen) atoms. The van der Waals surface area contributed by atoms with Crippen LogP contribution >= 0.6 is 0 Å². The molecule has 0 bridgehead atoms. The van der Waals surface area contributed by atoms with E-state index in [-0.39, 0.29) is 11.3 Å². The molecule has 0 saturated heterocycles. The molecule has 4 N–H and O–H groups in total. The van der Waals surface area contributed by atoms with Gasteiger partial charge in [-0.3, -0.25) is 4.79 Å². The van der Waals surface area contributed by atoms with Crippen molar-refractivity contribution in [3.05, 3.63) is 30.1 Å². The van der Waals surface area contributed by atoms with Crippen molar-refractivity contribution >= 4 is 21.9 Å². The zero-order chi connectivity index (χ0) is 17.6. The van der Waals surface area contributed by atoms with Crippen molar-refractivity contribution in [1.29, 1.82) is 0 Å². The predicted molar refractivity (Wildman–Crippen MR) is 77.5 cm³/mol. The van der Waals surface area contributed by atoms with E-state index in [0.29, 0.717) is 0 Å². The van der Waals surface area contributed by atoms with Crippen LogP contribution in [0.2, 0.25) is 0 Å². The summed E-state index contributed by atoms with van der Waals surface area (Å²) in [5.41, 5.74) is 0. The summed E-state index contributed by atoms with van der Waals surface area (Å²) in [5.74, 6) is -2.95. The Kier molecular flexibility index (Phi) is 6.61. The van der Waals surface area contributed by atoms with Gasteiger partial charge < -0.3 is 15.5 Å². The van der Waals surface area contributed by atoms with E-state index in [0.717, 1.165) is 24.3 Å². The van der Waals surface area contributed by atoms with Crippen molar-refractivity contribution in [3.63, 3.8) is 0 Å². The number of amides is 1. The molecule has 0 aliphatic rings. The maximum absolute atomic E-state index is 12.8. The van der Waals surface area contributed by atoms with Gasteiger partial charge in [0.25, 0.3) is 0 Å². The second-order valence-corrected chi connectivity index (χ2v) is 6.33. The van der Waals surface area contributed by atoms with Gasteiger partial charge in [-0.2, -0.15) is 4.72 Å². The fraction of sp³-hybridized carbons (Fsp3) is 0.385. The van der Waals surface area contributed by atoms with Crippen molar-refractivity contribution in [2.75, 3.05) is 6.61 Å². The van der Waals surface area contributed by atoms with Gasteiger partial charge in [0.05, 0.1) is 11.5 Å². The summed E-state index contributed by atoms with van der Waals surface area (Å²) in [4.78, 5) is 22.5. The Morgan fingerprint density at radius 1 is 1.22 bits per heavy atom. The third kappa shape index (κ3) is 5.27. The number of benzene rings is 1. The molecule has 128 valence electrons. The number of carbonyl (C=O) groups excluding carboxylic acids is 1. The van der Waals surface area contributed by atoms with Crippen LogP contribution < -0.4 is 10.0 Å². The lowest BCUT2D eigenvalue weighted by Crippen LogP contribution is -2.52. The number of sulfonamides is 1. The Hall–Kier alpha value is -2.04. The van der Waals surface area contributed by atoms with Crippen LogP contribution in [0, 0.1) is 5.82 Å². The first-order chi connectivity index (χ1) is 10.7. The summed E-state index contributed by atoms with van der Waals surface area (Å²) < 4.78 is 39.2. The van der Waals surface area contributed by atoms with E-state index in [1.54, 1.807) is 0 Å². The highest BCUT2D eigenvalue weighted by Gasteiger charge is 2.27. The van der Waals surface area contributed by atoms with E-state index in [1.807, 2.05) is 5.32 Å². The molecule has 0 radical (unpaired) electrons. The van der Waals surface area contributed by atoms with Gasteiger partial charge >= 0.3 is 5.97 Å². The van der Waals surface area contributed by atoms with E-state index in [9.17, 15) is 22.4 Å². The zero-order valence-corrected chi connectivity index (χ0v) is 13.0. The highest BCUT2D eigenvalue weighted by molar-refractivity contribution is 7.89. The molecule has 0 aromatic heterocycles. The molecule has 8 nitrogen and oxygen atoms in total. The lowest BCUT2D eigenvalue weighted by molar-refractivity contribution is -0.143. The van der Waals surface area contributed by atoms with Crippen LogP contribution in [0.5, 0.6) is 0 Å². The minimum absolute atomic E-state index is 0.0457. The molecule has 2 atom stereocenters. The van der Waals surface area contributed by atoms with Gasteiger partial charge in [0.15, 0.2) is 0 Å². The largest absolute Gasteiger partial charge is 0.480 e. The lowest BCUT2D eigenvalue weighted by Gasteiger charge is -2.19. The monoisotopic (exact) mass is 348 g/mol. The Bertz CT molecular complexity index is 662. The van der Waals surface area contributed by atoms with E-state index in [1.165, 1.54) is 6.92 Å².